The number of hydrogen-bond donors (Lipinski definition) is 1. The van der Waals surface area contributed by atoms with E-state index in [1.807, 2.05) is 0 Å². The number of rotatable bonds is 3. The minimum absolute atomic E-state index is 0.0190. The molecule has 2 rings (SSSR count). The molecule has 104 valence electrons. The smallest absolute Gasteiger partial charge is 0.329 e. The Balaban J connectivity index is 2.19. The fraction of sp³-hybridized carbons (Fsp3) is 0.154. The Kier molecular flexibility index (Phi) is 3.79. The van der Waals surface area contributed by atoms with Gasteiger partial charge >= 0.3 is 12.0 Å². The molecule has 0 aliphatic carbocycles. The number of carbonyl (C=O) groups excluding carboxylic acids is 3. The van der Waals surface area contributed by atoms with Crippen molar-refractivity contribution in [2.24, 2.45) is 0 Å². The van der Waals surface area contributed by atoms with E-state index < -0.39 is 30.3 Å². The molecule has 0 bridgehead atoms. The van der Waals surface area contributed by atoms with Crippen molar-refractivity contribution in [3.8, 4) is 0 Å². The van der Waals surface area contributed by atoms with Crippen molar-refractivity contribution >= 4 is 24.0 Å². The van der Waals surface area contributed by atoms with Crippen LogP contribution in [0.3, 0.4) is 0 Å². The van der Waals surface area contributed by atoms with Gasteiger partial charge in [0.2, 0.25) is 0 Å². The molecular weight excluding hydrogens is 267 g/mol. The zero-order valence-corrected chi connectivity index (χ0v) is 10.6. The topological polar surface area (TPSA) is 75.7 Å². The van der Waals surface area contributed by atoms with Gasteiger partial charge in [-0.3, -0.25) is 9.59 Å². The van der Waals surface area contributed by atoms with Crippen molar-refractivity contribution in [1.29, 1.82) is 0 Å². The van der Waals surface area contributed by atoms with Crippen molar-refractivity contribution in [2.75, 3.05) is 13.7 Å². The number of urea groups is 1. The van der Waals surface area contributed by atoms with Crippen molar-refractivity contribution in [3.05, 3.63) is 41.3 Å². The molecule has 1 aromatic carbocycles. The van der Waals surface area contributed by atoms with E-state index in [0.29, 0.717) is 5.56 Å². The summed E-state index contributed by atoms with van der Waals surface area (Å²) in [4.78, 5) is 35.3. The highest BCUT2D eigenvalue weighted by Gasteiger charge is 2.35. The molecule has 0 radical (unpaired) electrons. The normalized spacial score (nSPS) is 16.5. The minimum Gasteiger partial charge on any atom is -0.468 e. The molecule has 3 amide bonds. The zero-order valence-electron chi connectivity index (χ0n) is 10.6. The van der Waals surface area contributed by atoms with Crippen LogP contribution in [0.1, 0.15) is 5.56 Å². The summed E-state index contributed by atoms with van der Waals surface area (Å²) in [5, 5.41) is 2.34. The molecule has 0 unspecified atom stereocenters. The average Bonchev–Trinajstić information content (AvgIpc) is 2.69. The van der Waals surface area contributed by atoms with Crippen LogP contribution in [0.4, 0.5) is 9.18 Å². The molecular formula is C13H11FN2O4. The molecule has 1 aliphatic rings. The number of methoxy groups -OCH3 is 1. The van der Waals surface area contributed by atoms with Crippen molar-refractivity contribution in [3.63, 3.8) is 0 Å². The van der Waals surface area contributed by atoms with Crippen molar-refractivity contribution in [2.45, 2.75) is 0 Å². The summed E-state index contributed by atoms with van der Waals surface area (Å²) in [7, 11) is 1.16. The molecule has 1 aromatic rings. The van der Waals surface area contributed by atoms with Gasteiger partial charge in [-0.05, 0) is 23.8 Å². The predicted molar refractivity (Wildman–Crippen MR) is 66.6 cm³/mol. The van der Waals surface area contributed by atoms with Crippen LogP contribution in [0.15, 0.2) is 30.0 Å². The first-order valence-corrected chi connectivity index (χ1v) is 5.68. The highest BCUT2D eigenvalue weighted by molar-refractivity contribution is 6.15. The van der Waals surface area contributed by atoms with E-state index in [1.165, 1.54) is 30.3 Å². The van der Waals surface area contributed by atoms with Gasteiger partial charge in [0.25, 0.3) is 5.91 Å². The predicted octanol–water partition coefficient (Wildman–Crippen LogP) is 0.891. The Morgan fingerprint density at radius 1 is 1.35 bits per heavy atom. The van der Waals surface area contributed by atoms with Crippen molar-refractivity contribution < 1.29 is 23.5 Å². The second-order valence-corrected chi connectivity index (χ2v) is 4.01. The first kappa shape index (κ1) is 13.7. The molecule has 1 heterocycles. The Bertz CT molecular complexity index is 595. The van der Waals surface area contributed by atoms with E-state index in [0.717, 1.165) is 12.0 Å². The van der Waals surface area contributed by atoms with E-state index in [4.69, 9.17) is 0 Å². The molecule has 1 fully saturated rings. The minimum atomic E-state index is -0.700. The fourth-order valence-corrected chi connectivity index (χ4v) is 1.63. The Labute approximate surface area is 113 Å². The lowest BCUT2D eigenvalue weighted by Crippen LogP contribution is -2.36. The number of ether oxygens (including phenoxy) is 1. The van der Waals surface area contributed by atoms with Gasteiger partial charge in [0, 0.05) is 0 Å². The number of esters is 1. The SMILES string of the molecule is COC(=O)CN1C(=O)N/C(=C/c2ccc(F)cc2)C1=O. The molecule has 20 heavy (non-hydrogen) atoms. The van der Waals surface area contributed by atoms with Crippen LogP contribution >= 0.6 is 0 Å². The standard InChI is InChI=1S/C13H11FN2O4/c1-20-11(17)7-16-12(18)10(15-13(16)19)6-8-2-4-9(14)5-3-8/h2-6H,7H2,1H3,(H,15,19)/b10-6+. The van der Waals surface area contributed by atoms with E-state index in [-0.39, 0.29) is 5.70 Å². The summed E-state index contributed by atoms with van der Waals surface area (Å²) in [6, 6.07) is 4.70. The third-order valence-electron chi connectivity index (χ3n) is 2.66. The van der Waals surface area contributed by atoms with Crippen LogP contribution in [0.2, 0.25) is 0 Å². The molecule has 1 saturated heterocycles. The van der Waals surface area contributed by atoms with Crippen molar-refractivity contribution in [1.82, 2.24) is 10.2 Å². The number of nitrogens with one attached hydrogen (secondary N) is 1. The first-order chi connectivity index (χ1) is 9.51. The Hall–Kier alpha value is -2.70. The van der Waals surface area contributed by atoms with Crippen LogP contribution in [0, 0.1) is 5.82 Å². The second kappa shape index (κ2) is 5.52. The lowest BCUT2D eigenvalue weighted by Gasteiger charge is -2.08. The van der Waals surface area contributed by atoms with Gasteiger partial charge in [0.1, 0.15) is 18.1 Å². The van der Waals surface area contributed by atoms with Gasteiger partial charge in [-0.25, -0.2) is 14.1 Å². The van der Waals surface area contributed by atoms with Crippen LogP contribution in [0.5, 0.6) is 0 Å². The lowest BCUT2D eigenvalue weighted by molar-refractivity contribution is -0.143. The van der Waals surface area contributed by atoms with E-state index in [1.54, 1.807) is 0 Å². The van der Waals surface area contributed by atoms with Crippen LogP contribution in [0.25, 0.3) is 6.08 Å². The number of carbonyl (C=O) groups is 3. The van der Waals surface area contributed by atoms with Crippen LogP contribution in [-0.2, 0) is 14.3 Å². The van der Waals surface area contributed by atoms with Gasteiger partial charge in [0.05, 0.1) is 7.11 Å². The quantitative estimate of drug-likeness (QED) is 0.506. The number of benzene rings is 1. The van der Waals surface area contributed by atoms with Gasteiger partial charge in [-0.2, -0.15) is 0 Å². The average molecular weight is 278 g/mol. The van der Waals surface area contributed by atoms with Crippen LogP contribution in [-0.4, -0.2) is 36.5 Å². The molecule has 0 aromatic heterocycles. The molecule has 6 nitrogen and oxygen atoms in total. The maximum atomic E-state index is 12.8. The summed E-state index contributed by atoms with van der Waals surface area (Å²) in [6.45, 7) is -0.456. The van der Waals surface area contributed by atoms with Gasteiger partial charge in [-0.15, -0.1) is 0 Å². The summed E-state index contributed by atoms with van der Waals surface area (Å²) in [5.41, 5.74) is 0.570. The number of hydrogen-bond acceptors (Lipinski definition) is 4. The number of amides is 3. The fourth-order valence-electron chi connectivity index (χ4n) is 1.63. The van der Waals surface area contributed by atoms with E-state index in [2.05, 4.69) is 10.1 Å². The third kappa shape index (κ3) is 2.82. The zero-order chi connectivity index (χ0) is 14.7. The Morgan fingerprint density at radius 3 is 2.60 bits per heavy atom. The van der Waals surface area contributed by atoms with Crippen LogP contribution < -0.4 is 5.32 Å². The largest absolute Gasteiger partial charge is 0.468 e. The maximum Gasteiger partial charge on any atom is 0.329 e. The number of imide groups is 1. The molecule has 0 spiro atoms. The molecule has 1 N–H and O–H groups in total. The maximum absolute atomic E-state index is 12.8. The van der Waals surface area contributed by atoms with Gasteiger partial charge in [-0.1, -0.05) is 12.1 Å². The summed E-state index contributed by atoms with van der Waals surface area (Å²) < 4.78 is 17.2. The molecule has 0 saturated carbocycles. The molecule has 0 atom stereocenters. The molecule has 7 heteroatoms. The highest BCUT2D eigenvalue weighted by Crippen LogP contribution is 2.14. The Morgan fingerprint density at radius 2 is 2.00 bits per heavy atom. The lowest BCUT2D eigenvalue weighted by atomic mass is 10.2. The highest BCUT2D eigenvalue weighted by atomic mass is 19.1. The summed E-state index contributed by atoms with van der Waals surface area (Å²) in [5.74, 6) is -1.73. The first-order valence-electron chi connectivity index (χ1n) is 5.68. The summed E-state index contributed by atoms with van der Waals surface area (Å²) in [6.07, 6.45) is 1.40. The third-order valence-corrected chi connectivity index (χ3v) is 2.66. The van der Waals surface area contributed by atoms with Gasteiger partial charge in [0.15, 0.2) is 0 Å². The summed E-state index contributed by atoms with van der Waals surface area (Å²) >= 11 is 0. The number of nitrogens with zero attached hydrogens (tertiary/aromatic N) is 1. The van der Waals surface area contributed by atoms with Gasteiger partial charge < -0.3 is 10.1 Å². The monoisotopic (exact) mass is 278 g/mol. The molecule has 1 aliphatic heterocycles. The van der Waals surface area contributed by atoms with E-state index in [9.17, 15) is 18.8 Å². The van der Waals surface area contributed by atoms with E-state index >= 15 is 0 Å². The second-order valence-electron chi connectivity index (χ2n) is 4.01. The number of halogens is 1.